The van der Waals surface area contributed by atoms with Gasteiger partial charge in [-0.25, -0.2) is 0 Å². The van der Waals surface area contributed by atoms with Crippen molar-refractivity contribution >= 4 is 0 Å². The van der Waals surface area contributed by atoms with Crippen molar-refractivity contribution in [2.45, 2.75) is 6.10 Å². The molecule has 0 aliphatic rings. The van der Waals surface area contributed by atoms with E-state index in [1.54, 1.807) is 31.4 Å². The molecule has 4 heteroatoms. The second kappa shape index (κ2) is 5.47. The van der Waals surface area contributed by atoms with Gasteiger partial charge in [-0.3, -0.25) is 0 Å². The van der Waals surface area contributed by atoms with Gasteiger partial charge >= 0.3 is 0 Å². The zero-order chi connectivity index (χ0) is 10.4. The van der Waals surface area contributed by atoms with E-state index in [0.717, 1.165) is 0 Å². The Labute approximate surface area is 82.7 Å². The standard InChI is InChI=1S/C10H14O4/c1-13-9-3-2-4-10(5-9)14-7-8(12)6-11/h2-5,8,11-12H,6-7H2,1H3/t8-/m1/s1. The van der Waals surface area contributed by atoms with Gasteiger partial charge in [0.25, 0.3) is 0 Å². The van der Waals surface area contributed by atoms with Crippen LogP contribution < -0.4 is 9.47 Å². The third-order valence-corrected chi connectivity index (χ3v) is 1.69. The molecule has 0 fully saturated rings. The van der Waals surface area contributed by atoms with E-state index < -0.39 is 6.10 Å². The van der Waals surface area contributed by atoms with E-state index in [0.29, 0.717) is 11.5 Å². The van der Waals surface area contributed by atoms with Gasteiger partial charge in [-0.1, -0.05) is 6.07 Å². The molecule has 0 aliphatic heterocycles. The van der Waals surface area contributed by atoms with Gasteiger partial charge in [0.05, 0.1) is 13.7 Å². The second-order valence-electron chi connectivity index (χ2n) is 2.83. The van der Waals surface area contributed by atoms with Gasteiger partial charge in [0.2, 0.25) is 0 Å². The van der Waals surface area contributed by atoms with Crippen molar-refractivity contribution in [3.63, 3.8) is 0 Å². The number of aliphatic hydroxyl groups excluding tert-OH is 2. The first-order valence-corrected chi connectivity index (χ1v) is 4.32. The molecular weight excluding hydrogens is 184 g/mol. The van der Waals surface area contributed by atoms with Crippen LogP contribution in [0.25, 0.3) is 0 Å². The molecule has 0 amide bonds. The van der Waals surface area contributed by atoms with E-state index in [9.17, 15) is 0 Å². The minimum atomic E-state index is -0.846. The highest BCUT2D eigenvalue weighted by Gasteiger charge is 2.03. The van der Waals surface area contributed by atoms with Gasteiger partial charge in [-0.2, -0.15) is 0 Å². The Morgan fingerprint density at radius 3 is 2.71 bits per heavy atom. The molecule has 0 saturated heterocycles. The molecule has 0 aromatic heterocycles. The fraction of sp³-hybridized carbons (Fsp3) is 0.400. The fourth-order valence-corrected chi connectivity index (χ4v) is 0.936. The van der Waals surface area contributed by atoms with Gasteiger partial charge < -0.3 is 19.7 Å². The first-order chi connectivity index (χ1) is 6.76. The maximum Gasteiger partial charge on any atom is 0.123 e. The number of aliphatic hydroxyl groups is 2. The van der Waals surface area contributed by atoms with Crippen LogP contribution in [-0.2, 0) is 0 Å². The molecule has 4 nitrogen and oxygen atoms in total. The van der Waals surface area contributed by atoms with Crippen molar-refractivity contribution < 1.29 is 19.7 Å². The maximum atomic E-state index is 9.04. The molecule has 1 aromatic carbocycles. The van der Waals surface area contributed by atoms with E-state index in [1.165, 1.54) is 0 Å². The lowest BCUT2D eigenvalue weighted by Crippen LogP contribution is -2.21. The molecule has 14 heavy (non-hydrogen) atoms. The van der Waals surface area contributed by atoms with Crippen LogP contribution in [0.1, 0.15) is 0 Å². The summed E-state index contributed by atoms with van der Waals surface area (Å²) in [4.78, 5) is 0. The van der Waals surface area contributed by atoms with Gasteiger partial charge in [0, 0.05) is 6.07 Å². The van der Waals surface area contributed by atoms with Gasteiger partial charge in [-0.05, 0) is 12.1 Å². The molecule has 0 spiro atoms. The monoisotopic (exact) mass is 198 g/mol. The van der Waals surface area contributed by atoms with Crippen LogP contribution in [0.2, 0.25) is 0 Å². The summed E-state index contributed by atoms with van der Waals surface area (Å²) in [5, 5.41) is 17.6. The Hall–Kier alpha value is -1.26. The van der Waals surface area contributed by atoms with Gasteiger partial charge in [-0.15, -0.1) is 0 Å². The van der Waals surface area contributed by atoms with Crippen LogP contribution in [0.15, 0.2) is 24.3 Å². The Kier molecular flexibility index (Phi) is 4.22. The maximum absolute atomic E-state index is 9.04. The smallest absolute Gasteiger partial charge is 0.123 e. The lowest BCUT2D eigenvalue weighted by molar-refractivity contribution is 0.0535. The second-order valence-corrected chi connectivity index (χ2v) is 2.83. The predicted octanol–water partition coefficient (Wildman–Crippen LogP) is 0.427. The SMILES string of the molecule is COc1cccc(OC[C@H](O)CO)c1. The van der Waals surface area contributed by atoms with Crippen LogP contribution in [-0.4, -0.2) is 36.6 Å². The highest BCUT2D eigenvalue weighted by molar-refractivity contribution is 5.32. The van der Waals surface area contributed by atoms with Crippen molar-refractivity contribution in [3.05, 3.63) is 24.3 Å². The van der Waals surface area contributed by atoms with E-state index in [2.05, 4.69) is 0 Å². The number of methoxy groups -OCH3 is 1. The van der Waals surface area contributed by atoms with Crippen molar-refractivity contribution in [2.75, 3.05) is 20.3 Å². The average molecular weight is 198 g/mol. The Morgan fingerprint density at radius 1 is 1.36 bits per heavy atom. The molecule has 0 radical (unpaired) electrons. The summed E-state index contributed by atoms with van der Waals surface area (Å²) in [6.07, 6.45) is -0.846. The molecule has 1 aromatic rings. The number of hydrogen-bond acceptors (Lipinski definition) is 4. The molecule has 78 valence electrons. The van der Waals surface area contributed by atoms with Crippen molar-refractivity contribution in [1.82, 2.24) is 0 Å². The zero-order valence-corrected chi connectivity index (χ0v) is 8.01. The quantitative estimate of drug-likeness (QED) is 0.720. The number of benzene rings is 1. The van der Waals surface area contributed by atoms with Crippen LogP contribution in [0.4, 0.5) is 0 Å². The molecule has 0 saturated carbocycles. The summed E-state index contributed by atoms with van der Waals surface area (Å²) >= 11 is 0. The van der Waals surface area contributed by atoms with E-state index >= 15 is 0 Å². The van der Waals surface area contributed by atoms with Crippen molar-refractivity contribution in [3.8, 4) is 11.5 Å². The Bertz CT molecular complexity index is 275. The number of rotatable bonds is 5. The molecule has 0 bridgehead atoms. The third kappa shape index (κ3) is 3.24. The van der Waals surface area contributed by atoms with Gasteiger partial charge in [0.15, 0.2) is 0 Å². The van der Waals surface area contributed by atoms with Gasteiger partial charge in [0.1, 0.15) is 24.2 Å². The molecule has 0 unspecified atom stereocenters. The summed E-state index contributed by atoms with van der Waals surface area (Å²) < 4.78 is 10.2. The molecule has 0 aliphatic carbocycles. The predicted molar refractivity (Wildman–Crippen MR) is 51.6 cm³/mol. The van der Waals surface area contributed by atoms with E-state index in [1.807, 2.05) is 0 Å². The molecule has 1 rings (SSSR count). The van der Waals surface area contributed by atoms with Crippen LogP contribution in [0.5, 0.6) is 11.5 Å². The fourth-order valence-electron chi connectivity index (χ4n) is 0.936. The largest absolute Gasteiger partial charge is 0.497 e. The molecule has 2 N–H and O–H groups in total. The normalized spacial score (nSPS) is 12.2. The summed E-state index contributed by atoms with van der Waals surface area (Å²) in [6.45, 7) is -0.229. The van der Waals surface area contributed by atoms with Crippen LogP contribution in [0, 0.1) is 0 Å². The van der Waals surface area contributed by atoms with Crippen LogP contribution in [0.3, 0.4) is 0 Å². The summed E-state index contributed by atoms with van der Waals surface area (Å²) in [7, 11) is 1.57. The van der Waals surface area contributed by atoms with E-state index in [4.69, 9.17) is 19.7 Å². The lowest BCUT2D eigenvalue weighted by Gasteiger charge is -2.10. The Balaban J connectivity index is 2.50. The summed E-state index contributed by atoms with van der Waals surface area (Å²) in [6, 6.07) is 7.06. The topological polar surface area (TPSA) is 58.9 Å². The molecule has 0 heterocycles. The summed E-state index contributed by atoms with van der Waals surface area (Å²) in [5.41, 5.74) is 0. The highest BCUT2D eigenvalue weighted by Crippen LogP contribution is 2.18. The first-order valence-electron chi connectivity index (χ1n) is 4.32. The molecule has 1 atom stereocenters. The number of hydrogen-bond donors (Lipinski definition) is 2. The number of ether oxygens (including phenoxy) is 2. The Morgan fingerprint density at radius 2 is 2.07 bits per heavy atom. The van der Waals surface area contributed by atoms with Crippen molar-refractivity contribution in [1.29, 1.82) is 0 Å². The lowest BCUT2D eigenvalue weighted by atomic mass is 10.3. The van der Waals surface area contributed by atoms with Crippen molar-refractivity contribution in [2.24, 2.45) is 0 Å². The van der Waals surface area contributed by atoms with E-state index in [-0.39, 0.29) is 13.2 Å². The minimum Gasteiger partial charge on any atom is -0.497 e. The average Bonchev–Trinajstić information content (AvgIpc) is 2.26. The zero-order valence-electron chi connectivity index (χ0n) is 8.01. The summed E-state index contributed by atoms with van der Waals surface area (Å²) in [5.74, 6) is 1.30. The van der Waals surface area contributed by atoms with Crippen LogP contribution >= 0.6 is 0 Å². The third-order valence-electron chi connectivity index (χ3n) is 1.69. The highest BCUT2D eigenvalue weighted by atomic mass is 16.5. The molecular formula is C10H14O4. The minimum absolute atomic E-state index is 0.0731. The first kappa shape index (κ1) is 10.8.